The van der Waals surface area contributed by atoms with E-state index in [9.17, 15) is 9.59 Å². The van der Waals surface area contributed by atoms with Gasteiger partial charge in [0.1, 0.15) is 11.6 Å². The van der Waals surface area contributed by atoms with Crippen LogP contribution in [0.2, 0.25) is 0 Å². The summed E-state index contributed by atoms with van der Waals surface area (Å²) >= 11 is 2.34. The third-order valence-corrected chi connectivity index (χ3v) is 4.09. The molecule has 0 spiro atoms. The first-order valence-electron chi connectivity index (χ1n) is 12.0. The number of nitrogens with zero attached hydrogens (tertiary/aromatic N) is 1. The van der Waals surface area contributed by atoms with E-state index in [2.05, 4.69) is 81.5 Å². The number of halogens is 1. The van der Waals surface area contributed by atoms with Gasteiger partial charge in [0.05, 0.1) is 6.04 Å². The first-order valence-corrected chi connectivity index (χ1v) is 13.2. The molecule has 1 atom stereocenters. The van der Waals surface area contributed by atoms with Crippen LogP contribution in [0.4, 0.5) is 0 Å². The van der Waals surface area contributed by atoms with E-state index in [1.54, 1.807) is 6.92 Å². The zero-order valence-electron chi connectivity index (χ0n) is 24.0. The van der Waals surface area contributed by atoms with Gasteiger partial charge in [-0.25, -0.2) is 0 Å². The third kappa shape index (κ3) is 34.8. The number of Topliss-reactive ketones (excluding diaryl/α,β-unsaturated/α-hetero) is 2. The van der Waals surface area contributed by atoms with Gasteiger partial charge in [0.2, 0.25) is 0 Å². The molecule has 7 nitrogen and oxygen atoms in total. The van der Waals surface area contributed by atoms with Gasteiger partial charge in [-0.1, -0.05) is 124 Å². The van der Waals surface area contributed by atoms with Crippen LogP contribution in [-0.4, -0.2) is 26.7 Å². The molecule has 0 heterocycles. The van der Waals surface area contributed by atoms with Crippen LogP contribution in [-0.2, 0) is 22.4 Å². The summed E-state index contributed by atoms with van der Waals surface area (Å²) in [7, 11) is 0. The van der Waals surface area contributed by atoms with Gasteiger partial charge in [0, 0.05) is 10.3 Å². The summed E-state index contributed by atoms with van der Waals surface area (Å²) in [5, 5.41) is 17.7. The van der Waals surface area contributed by atoms with E-state index in [1.165, 1.54) is 30.0 Å². The Kier molecular flexibility index (Phi) is 39.4. The second kappa shape index (κ2) is 32.0. The Morgan fingerprint density at radius 3 is 1.53 bits per heavy atom. The minimum absolute atomic E-state index is 0. The van der Waals surface area contributed by atoms with Crippen molar-refractivity contribution in [3.05, 3.63) is 80.9 Å². The number of nitrogens with one attached hydrogen (secondary N) is 1. The molecule has 0 saturated heterocycles. The van der Waals surface area contributed by atoms with Gasteiger partial charge in [0.25, 0.3) is 0 Å². The van der Waals surface area contributed by atoms with Crippen LogP contribution in [0.25, 0.3) is 0 Å². The smallest absolute Gasteiger partial charge is 0.444 e. The van der Waals surface area contributed by atoms with E-state index in [4.69, 9.17) is 15.3 Å². The third-order valence-electron chi connectivity index (χ3n) is 4.09. The Morgan fingerprint density at radius 2 is 1.26 bits per heavy atom. The molecular formula is C29H48IN2NaO5. The summed E-state index contributed by atoms with van der Waals surface area (Å²) in [5.74, 6) is 0.198. The van der Waals surface area contributed by atoms with Crippen LogP contribution >= 0.6 is 22.6 Å². The molecule has 1 unspecified atom stereocenters. The van der Waals surface area contributed by atoms with E-state index < -0.39 is 6.04 Å². The number of aryl methyl sites for hydroxylation is 3. The van der Waals surface area contributed by atoms with Crippen molar-refractivity contribution in [1.82, 2.24) is 5.48 Å². The summed E-state index contributed by atoms with van der Waals surface area (Å²) in [4.78, 5) is 29.7. The maximum absolute atomic E-state index is 11.0. The fourth-order valence-corrected chi connectivity index (χ4v) is 2.32. The quantitative estimate of drug-likeness (QED) is 0.141. The SMILES string of the molecule is C.CC(=O)C(Cc1ccc(C)cc1)NO.CC(=O)CCc1ccc(C)cc1.CC(C)I.CCC.O=N[O-].[Na+]. The van der Waals surface area contributed by atoms with Crippen LogP contribution in [0.1, 0.15) is 84.1 Å². The molecule has 0 aliphatic carbocycles. The number of hydroxylamine groups is 1. The van der Waals surface area contributed by atoms with Crippen LogP contribution < -0.4 is 35.0 Å². The maximum Gasteiger partial charge on any atom is 1.00 e. The normalized spacial score (nSPS) is 9.45. The van der Waals surface area contributed by atoms with Crippen molar-refractivity contribution < 1.29 is 44.4 Å². The summed E-state index contributed by atoms with van der Waals surface area (Å²) in [5.41, 5.74) is 6.75. The monoisotopic (exact) mass is 654 g/mol. The van der Waals surface area contributed by atoms with Crippen molar-refractivity contribution in [2.24, 2.45) is 5.34 Å². The first kappa shape index (κ1) is 46.7. The summed E-state index contributed by atoms with van der Waals surface area (Å²) in [6.45, 7) is 15.7. The zero-order chi connectivity index (χ0) is 28.5. The maximum atomic E-state index is 11.0. The number of alkyl halides is 1. The summed E-state index contributed by atoms with van der Waals surface area (Å²) < 4.78 is 0.803. The van der Waals surface area contributed by atoms with Gasteiger partial charge in [-0.05, 0) is 51.7 Å². The van der Waals surface area contributed by atoms with E-state index >= 15 is 0 Å². The van der Waals surface area contributed by atoms with Gasteiger partial charge in [-0.3, -0.25) is 4.79 Å². The molecule has 2 aromatic carbocycles. The van der Waals surface area contributed by atoms with E-state index in [-0.39, 0.29) is 48.6 Å². The fourth-order valence-electron chi connectivity index (χ4n) is 2.32. The molecule has 0 saturated carbocycles. The summed E-state index contributed by atoms with van der Waals surface area (Å²) in [6.07, 6.45) is 3.30. The zero-order valence-corrected chi connectivity index (χ0v) is 28.2. The Morgan fingerprint density at radius 1 is 0.947 bits per heavy atom. The molecular weight excluding hydrogens is 606 g/mol. The molecule has 0 amide bonds. The van der Waals surface area contributed by atoms with Crippen molar-refractivity contribution in [1.29, 1.82) is 0 Å². The van der Waals surface area contributed by atoms with Gasteiger partial charge in [0.15, 0.2) is 0 Å². The molecule has 38 heavy (non-hydrogen) atoms. The molecule has 2 aromatic rings. The largest absolute Gasteiger partial charge is 1.00 e. The minimum Gasteiger partial charge on any atom is -0.444 e. The predicted molar refractivity (Wildman–Crippen MR) is 165 cm³/mol. The number of ketones is 2. The van der Waals surface area contributed by atoms with Crippen molar-refractivity contribution in [3.8, 4) is 0 Å². The molecule has 0 aliphatic rings. The van der Waals surface area contributed by atoms with Crippen molar-refractivity contribution in [2.45, 2.75) is 98.5 Å². The number of benzene rings is 2. The number of hydrogen-bond donors (Lipinski definition) is 2. The Hall–Kier alpha value is -1.17. The first-order chi connectivity index (χ1) is 16.9. The van der Waals surface area contributed by atoms with Gasteiger partial charge in [-0.15, -0.1) is 5.34 Å². The molecule has 0 fully saturated rings. The van der Waals surface area contributed by atoms with Crippen molar-refractivity contribution >= 4 is 34.2 Å². The number of carbonyl (C=O) groups excluding carboxylic acids is 2. The van der Waals surface area contributed by atoms with E-state index in [1.807, 2.05) is 36.7 Å². The topological polar surface area (TPSA) is 119 Å². The van der Waals surface area contributed by atoms with Crippen molar-refractivity contribution in [2.75, 3.05) is 0 Å². The molecule has 0 radical (unpaired) electrons. The number of carbonyl (C=O) groups is 2. The van der Waals surface area contributed by atoms with Crippen LogP contribution in [0, 0.1) is 24.0 Å². The number of rotatable bonds is 7. The van der Waals surface area contributed by atoms with Gasteiger partial charge in [-0.2, -0.15) is 5.48 Å². The summed E-state index contributed by atoms with van der Waals surface area (Å²) in [6, 6.07) is 15.7. The molecule has 212 valence electrons. The predicted octanol–water partition coefficient (Wildman–Crippen LogP) is 5.13. The van der Waals surface area contributed by atoms with Gasteiger partial charge >= 0.3 is 29.6 Å². The standard InChI is InChI=1S/C11H15NO2.C11H14O.C3H7I.C3H8.CH4.HNO2.Na/c1-8-3-5-10(6-4-8)7-11(12-14)9(2)13;1-9-3-6-11(7-4-9)8-5-10(2)12;1-3(2)4;1-3-2;;2-1-3;/h3-6,11-12,14H,7H2,1-2H3;3-4,6-7H,5,8H2,1-2H3;3H,1-2H3;3H2,1-2H3;1H4;(H,2,3);/q;;;;;;+1/p-1. The molecule has 0 bridgehead atoms. The Labute approximate surface area is 266 Å². The number of hydrogen-bond acceptors (Lipinski definition) is 7. The molecule has 0 aliphatic heterocycles. The average molecular weight is 655 g/mol. The van der Waals surface area contributed by atoms with Crippen molar-refractivity contribution in [3.63, 3.8) is 0 Å². The fraction of sp³-hybridized carbons (Fsp3) is 0.517. The van der Waals surface area contributed by atoms with E-state index in [0.29, 0.717) is 12.8 Å². The second-order valence-electron chi connectivity index (χ2n) is 8.47. The Balaban J connectivity index is -0.000000137. The van der Waals surface area contributed by atoms with Crippen LogP contribution in [0.15, 0.2) is 53.9 Å². The molecule has 9 heteroatoms. The molecule has 2 N–H and O–H groups in total. The van der Waals surface area contributed by atoms with Crippen LogP contribution in [0.3, 0.4) is 0 Å². The van der Waals surface area contributed by atoms with E-state index in [0.717, 1.165) is 21.2 Å². The Bertz CT molecular complexity index is 814. The average Bonchev–Trinajstić information content (AvgIpc) is 2.79. The second-order valence-corrected chi connectivity index (χ2v) is 11.0. The molecule has 2 rings (SSSR count). The minimum atomic E-state index is -0.502. The molecule has 0 aromatic heterocycles. The van der Waals surface area contributed by atoms with Gasteiger partial charge < -0.3 is 20.1 Å². The van der Waals surface area contributed by atoms with Crippen LogP contribution in [0.5, 0.6) is 0 Å².